The number of nitrogen functional groups attached to an aromatic ring is 1. The standard InChI is InChI=1S/C14H24N2OS/c1-4-16(5-2)6-7-18-11-12-8-13(15)10-14(9-12)17-3/h8-10H,4-7,11,15H2,1-3H3. The van der Waals surface area contributed by atoms with Crippen molar-refractivity contribution in [2.24, 2.45) is 0 Å². The zero-order valence-corrected chi connectivity index (χ0v) is 12.4. The largest absolute Gasteiger partial charge is 0.497 e. The molecule has 0 fully saturated rings. The van der Waals surface area contributed by atoms with Gasteiger partial charge in [-0.3, -0.25) is 0 Å². The Morgan fingerprint density at radius 1 is 1.22 bits per heavy atom. The first-order valence-electron chi connectivity index (χ1n) is 6.43. The first-order chi connectivity index (χ1) is 8.69. The van der Waals surface area contributed by atoms with E-state index in [0.29, 0.717) is 0 Å². The van der Waals surface area contributed by atoms with Crippen LogP contribution in [0.3, 0.4) is 0 Å². The van der Waals surface area contributed by atoms with Crippen LogP contribution in [0, 0.1) is 0 Å². The van der Waals surface area contributed by atoms with Gasteiger partial charge in [0.15, 0.2) is 0 Å². The summed E-state index contributed by atoms with van der Waals surface area (Å²) in [5, 5.41) is 0. The molecule has 0 amide bonds. The normalized spacial score (nSPS) is 10.9. The van der Waals surface area contributed by atoms with Gasteiger partial charge < -0.3 is 15.4 Å². The molecule has 1 aromatic rings. The van der Waals surface area contributed by atoms with E-state index in [4.69, 9.17) is 10.5 Å². The molecule has 1 rings (SSSR count). The molecule has 0 unspecified atom stereocenters. The lowest BCUT2D eigenvalue weighted by molar-refractivity contribution is 0.324. The highest BCUT2D eigenvalue weighted by atomic mass is 32.2. The van der Waals surface area contributed by atoms with Gasteiger partial charge in [0.25, 0.3) is 0 Å². The third kappa shape index (κ3) is 5.19. The molecule has 0 aliphatic heterocycles. The van der Waals surface area contributed by atoms with Crippen molar-refractivity contribution in [3.8, 4) is 5.75 Å². The molecular weight excluding hydrogens is 244 g/mol. The van der Waals surface area contributed by atoms with Crippen LogP contribution in [-0.2, 0) is 5.75 Å². The Labute approximate surface area is 115 Å². The monoisotopic (exact) mass is 268 g/mol. The summed E-state index contributed by atoms with van der Waals surface area (Å²) in [5.41, 5.74) is 7.84. The minimum atomic E-state index is 0.772. The fraction of sp³-hybridized carbons (Fsp3) is 0.571. The third-order valence-electron chi connectivity index (χ3n) is 2.94. The molecule has 3 nitrogen and oxygen atoms in total. The zero-order chi connectivity index (χ0) is 13.4. The van der Waals surface area contributed by atoms with Gasteiger partial charge in [0.1, 0.15) is 5.75 Å². The molecule has 0 radical (unpaired) electrons. The molecule has 18 heavy (non-hydrogen) atoms. The SMILES string of the molecule is CCN(CC)CCSCc1cc(N)cc(OC)c1. The molecule has 0 aliphatic carbocycles. The van der Waals surface area contributed by atoms with E-state index in [1.807, 2.05) is 23.9 Å². The molecule has 0 saturated heterocycles. The van der Waals surface area contributed by atoms with E-state index in [1.54, 1.807) is 7.11 Å². The maximum Gasteiger partial charge on any atom is 0.121 e. The highest BCUT2D eigenvalue weighted by Gasteiger charge is 2.01. The highest BCUT2D eigenvalue weighted by Crippen LogP contribution is 2.22. The Balaban J connectivity index is 2.37. The summed E-state index contributed by atoms with van der Waals surface area (Å²) in [6.45, 7) is 7.82. The number of rotatable bonds is 8. The quantitative estimate of drug-likeness (QED) is 0.581. The Kier molecular flexibility index (Phi) is 6.98. The van der Waals surface area contributed by atoms with Crippen LogP contribution in [0.1, 0.15) is 19.4 Å². The molecule has 102 valence electrons. The van der Waals surface area contributed by atoms with Crippen LogP contribution < -0.4 is 10.5 Å². The minimum Gasteiger partial charge on any atom is -0.497 e. The van der Waals surface area contributed by atoms with Gasteiger partial charge in [-0.2, -0.15) is 11.8 Å². The van der Waals surface area contributed by atoms with Crippen molar-refractivity contribution in [2.75, 3.05) is 38.2 Å². The number of benzene rings is 1. The lowest BCUT2D eigenvalue weighted by Crippen LogP contribution is -2.25. The first kappa shape index (κ1) is 15.2. The lowest BCUT2D eigenvalue weighted by Gasteiger charge is -2.17. The summed E-state index contributed by atoms with van der Waals surface area (Å²) in [6, 6.07) is 5.93. The summed E-state index contributed by atoms with van der Waals surface area (Å²) < 4.78 is 5.22. The maximum absolute atomic E-state index is 5.83. The summed E-state index contributed by atoms with van der Waals surface area (Å²) in [5.74, 6) is 2.98. The molecule has 0 spiro atoms. The number of nitrogens with zero attached hydrogens (tertiary/aromatic N) is 1. The van der Waals surface area contributed by atoms with Crippen molar-refractivity contribution >= 4 is 17.4 Å². The van der Waals surface area contributed by atoms with Gasteiger partial charge in [-0.25, -0.2) is 0 Å². The number of methoxy groups -OCH3 is 1. The van der Waals surface area contributed by atoms with Crippen molar-refractivity contribution in [1.82, 2.24) is 4.90 Å². The van der Waals surface area contributed by atoms with E-state index in [2.05, 4.69) is 24.8 Å². The van der Waals surface area contributed by atoms with Crippen LogP contribution in [0.25, 0.3) is 0 Å². The third-order valence-corrected chi connectivity index (χ3v) is 3.95. The van der Waals surface area contributed by atoms with Gasteiger partial charge in [0.05, 0.1) is 7.11 Å². The number of nitrogens with two attached hydrogens (primary N) is 1. The molecule has 2 N–H and O–H groups in total. The number of anilines is 1. The summed E-state index contributed by atoms with van der Waals surface area (Å²) >= 11 is 1.94. The van der Waals surface area contributed by atoms with E-state index < -0.39 is 0 Å². The molecular formula is C14H24N2OS. The number of hydrogen-bond donors (Lipinski definition) is 1. The van der Waals surface area contributed by atoms with Crippen molar-refractivity contribution in [2.45, 2.75) is 19.6 Å². The number of hydrogen-bond acceptors (Lipinski definition) is 4. The topological polar surface area (TPSA) is 38.5 Å². The molecule has 0 aromatic heterocycles. The van der Waals surface area contributed by atoms with Crippen LogP contribution in [0.15, 0.2) is 18.2 Å². The predicted molar refractivity (Wildman–Crippen MR) is 81.4 cm³/mol. The van der Waals surface area contributed by atoms with Crippen molar-refractivity contribution in [3.05, 3.63) is 23.8 Å². The van der Waals surface area contributed by atoms with Gasteiger partial charge >= 0.3 is 0 Å². The second-order valence-electron chi connectivity index (χ2n) is 4.19. The summed E-state index contributed by atoms with van der Waals surface area (Å²) in [4.78, 5) is 2.44. The molecule has 0 saturated carbocycles. The summed E-state index contributed by atoms with van der Waals surface area (Å²) in [7, 11) is 1.67. The van der Waals surface area contributed by atoms with Crippen LogP contribution in [-0.4, -0.2) is 37.4 Å². The van der Waals surface area contributed by atoms with E-state index >= 15 is 0 Å². The van der Waals surface area contributed by atoms with Gasteiger partial charge in [0, 0.05) is 29.8 Å². The van der Waals surface area contributed by atoms with E-state index in [1.165, 1.54) is 5.56 Å². The number of ether oxygens (including phenoxy) is 1. The van der Waals surface area contributed by atoms with E-state index in [0.717, 1.165) is 42.6 Å². The highest BCUT2D eigenvalue weighted by molar-refractivity contribution is 7.98. The van der Waals surface area contributed by atoms with Crippen LogP contribution in [0.4, 0.5) is 5.69 Å². The average molecular weight is 268 g/mol. The van der Waals surface area contributed by atoms with Gasteiger partial charge in [-0.1, -0.05) is 13.8 Å². The second-order valence-corrected chi connectivity index (χ2v) is 5.30. The van der Waals surface area contributed by atoms with Crippen molar-refractivity contribution in [1.29, 1.82) is 0 Å². The van der Waals surface area contributed by atoms with E-state index in [-0.39, 0.29) is 0 Å². The van der Waals surface area contributed by atoms with Crippen LogP contribution in [0.5, 0.6) is 5.75 Å². The summed E-state index contributed by atoms with van der Waals surface area (Å²) in [6.07, 6.45) is 0. The predicted octanol–water partition coefficient (Wildman–Crippen LogP) is 2.85. The lowest BCUT2D eigenvalue weighted by atomic mass is 10.2. The van der Waals surface area contributed by atoms with Gasteiger partial charge in [-0.05, 0) is 30.8 Å². The zero-order valence-electron chi connectivity index (χ0n) is 11.6. The van der Waals surface area contributed by atoms with Gasteiger partial charge in [0.2, 0.25) is 0 Å². The first-order valence-corrected chi connectivity index (χ1v) is 7.58. The molecule has 4 heteroatoms. The molecule has 0 bridgehead atoms. The number of thioether (sulfide) groups is 1. The fourth-order valence-corrected chi connectivity index (χ4v) is 2.74. The Morgan fingerprint density at radius 3 is 2.56 bits per heavy atom. The van der Waals surface area contributed by atoms with Crippen LogP contribution in [0.2, 0.25) is 0 Å². The average Bonchev–Trinajstić information content (AvgIpc) is 2.38. The second kappa shape index (κ2) is 8.27. The smallest absolute Gasteiger partial charge is 0.121 e. The Morgan fingerprint density at radius 2 is 1.94 bits per heavy atom. The minimum absolute atomic E-state index is 0.772. The molecule has 0 atom stereocenters. The van der Waals surface area contributed by atoms with Crippen molar-refractivity contribution < 1.29 is 4.74 Å². The maximum atomic E-state index is 5.83. The van der Waals surface area contributed by atoms with Crippen molar-refractivity contribution in [3.63, 3.8) is 0 Å². The molecule has 0 aliphatic rings. The molecule has 1 aromatic carbocycles. The van der Waals surface area contributed by atoms with E-state index in [9.17, 15) is 0 Å². The fourth-order valence-electron chi connectivity index (χ4n) is 1.81. The Bertz CT molecular complexity index is 354. The van der Waals surface area contributed by atoms with Gasteiger partial charge in [-0.15, -0.1) is 0 Å². The molecule has 0 heterocycles. The van der Waals surface area contributed by atoms with Crippen LogP contribution >= 0.6 is 11.8 Å². The Hall–Kier alpha value is -0.870.